The van der Waals surface area contributed by atoms with E-state index < -0.39 is 11.8 Å². The highest BCUT2D eigenvalue weighted by Gasteiger charge is 2.17. The second-order valence-corrected chi connectivity index (χ2v) is 6.14. The van der Waals surface area contributed by atoms with Gasteiger partial charge in [0.05, 0.1) is 5.69 Å². The van der Waals surface area contributed by atoms with Gasteiger partial charge in [0.15, 0.2) is 5.75 Å². The molecule has 0 fully saturated rings. The highest BCUT2D eigenvalue weighted by Crippen LogP contribution is 2.29. The van der Waals surface area contributed by atoms with Crippen molar-refractivity contribution in [1.29, 1.82) is 0 Å². The quantitative estimate of drug-likeness (QED) is 0.624. The van der Waals surface area contributed by atoms with Crippen molar-refractivity contribution in [2.24, 2.45) is 0 Å². The van der Waals surface area contributed by atoms with Crippen LogP contribution < -0.4 is 15.4 Å². The molecule has 0 aliphatic carbocycles. The van der Waals surface area contributed by atoms with E-state index in [0.29, 0.717) is 33.5 Å². The van der Waals surface area contributed by atoms with Gasteiger partial charge in [-0.1, -0.05) is 48.0 Å². The maximum atomic E-state index is 12.3. The number of benzene rings is 3. The number of hydrogen-bond donors (Lipinski definition) is 2. The van der Waals surface area contributed by atoms with Gasteiger partial charge in [0.1, 0.15) is 5.75 Å². The molecule has 3 aromatic carbocycles. The molecule has 2 N–H and O–H groups in total. The molecule has 136 valence electrons. The summed E-state index contributed by atoms with van der Waals surface area (Å²) in [5, 5.41) is 5.65. The third-order valence-corrected chi connectivity index (χ3v) is 4.24. The minimum absolute atomic E-state index is 0.393. The molecule has 3 aromatic rings. The number of ether oxygens (including phenoxy) is 1. The first-order chi connectivity index (χ1) is 13.0. The van der Waals surface area contributed by atoms with Gasteiger partial charge in [0, 0.05) is 10.7 Å². The maximum absolute atomic E-state index is 12.3. The predicted octanol–water partition coefficient (Wildman–Crippen LogP) is 5.02. The number of para-hydroxylation sites is 3. The van der Waals surface area contributed by atoms with Crippen LogP contribution >= 0.6 is 11.6 Å². The summed E-state index contributed by atoms with van der Waals surface area (Å²) in [5.41, 5.74) is 1.56. The monoisotopic (exact) mass is 380 g/mol. The van der Waals surface area contributed by atoms with E-state index in [9.17, 15) is 9.59 Å². The third-order valence-electron chi connectivity index (χ3n) is 3.83. The number of anilines is 2. The molecule has 0 aliphatic rings. The molecule has 0 saturated heterocycles. The first-order valence-electron chi connectivity index (χ1n) is 8.24. The van der Waals surface area contributed by atoms with Gasteiger partial charge in [-0.25, -0.2) is 0 Å². The van der Waals surface area contributed by atoms with E-state index in [1.54, 1.807) is 61.5 Å². The van der Waals surface area contributed by atoms with Crippen molar-refractivity contribution in [2.75, 3.05) is 10.6 Å². The van der Waals surface area contributed by atoms with Crippen LogP contribution in [0.5, 0.6) is 11.5 Å². The van der Waals surface area contributed by atoms with Gasteiger partial charge < -0.3 is 15.4 Å². The van der Waals surface area contributed by atoms with Gasteiger partial charge in [-0.3, -0.25) is 9.59 Å². The molecule has 0 atom stereocenters. The molecule has 27 heavy (non-hydrogen) atoms. The van der Waals surface area contributed by atoms with Crippen LogP contribution in [0.2, 0.25) is 5.02 Å². The molecule has 3 rings (SSSR count). The molecule has 0 bridgehead atoms. The Bertz CT molecular complexity index is 974. The van der Waals surface area contributed by atoms with E-state index in [-0.39, 0.29) is 0 Å². The Kier molecular flexibility index (Phi) is 5.74. The average molecular weight is 381 g/mol. The van der Waals surface area contributed by atoms with Crippen molar-refractivity contribution in [2.45, 2.75) is 6.92 Å². The Morgan fingerprint density at radius 2 is 1.37 bits per heavy atom. The molecule has 0 unspecified atom stereocenters. The van der Waals surface area contributed by atoms with Gasteiger partial charge in [0.25, 0.3) is 0 Å². The Labute approximate surface area is 161 Å². The van der Waals surface area contributed by atoms with Crippen molar-refractivity contribution in [3.05, 3.63) is 83.4 Å². The zero-order valence-electron chi connectivity index (χ0n) is 14.5. The van der Waals surface area contributed by atoms with E-state index in [0.717, 1.165) is 0 Å². The van der Waals surface area contributed by atoms with E-state index in [2.05, 4.69) is 10.6 Å². The molecule has 0 saturated carbocycles. The van der Waals surface area contributed by atoms with E-state index in [1.807, 2.05) is 18.2 Å². The Balaban J connectivity index is 1.72. The SMILES string of the molecule is Cc1c(Cl)cccc1NC(=O)C(=O)Nc1ccccc1Oc1ccccc1. The topological polar surface area (TPSA) is 67.4 Å². The fourth-order valence-corrected chi connectivity index (χ4v) is 2.55. The van der Waals surface area contributed by atoms with Crippen LogP contribution in [0.4, 0.5) is 11.4 Å². The third kappa shape index (κ3) is 4.65. The Morgan fingerprint density at radius 1 is 0.778 bits per heavy atom. The van der Waals surface area contributed by atoms with Crippen molar-refractivity contribution in [3.8, 4) is 11.5 Å². The molecule has 5 nitrogen and oxygen atoms in total. The molecular formula is C21H17ClN2O3. The fourth-order valence-electron chi connectivity index (χ4n) is 2.38. The van der Waals surface area contributed by atoms with Crippen LogP contribution in [0, 0.1) is 6.92 Å². The van der Waals surface area contributed by atoms with E-state index in [1.165, 1.54) is 0 Å². The second-order valence-electron chi connectivity index (χ2n) is 5.73. The zero-order valence-corrected chi connectivity index (χ0v) is 15.3. The van der Waals surface area contributed by atoms with Gasteiger partial charge >= 0.3 is 11.8 Å². The first kappa shape index (κ1) is 18.5. The minimum Gasteiger partial charge on any atom is -0.455 e. The summed E-state index contributed by atoms with van der Waals surface area (Å²) in [5.74, 6) is -0.546. The summed E-state index contributed by atoms with van der Waals surface area (Å²) in [7, 11) is 0. The van der Waals surface area contributed by atoms with Gasteiger partial charge in [-0.05, 0) is 48.9 Å². The lowest BCUT2D eigenvalue weighted by atomic mass is 10.2. The molecule has 2 amide bonds. The summed E-state index contributed by atoms with van der Waals surface area (Å²) >= 11 is 6.04. The number of halogens is 1. The number of nitrogens with one attached hydrogen (secondary N) is 2. The summed E-state index contributed by atoms with van der Waals surface area (Å²) < 4.78 is 5.78. The Morgan fingerprint density at radius 3 is 2.11 bits per heavy atom. The maximum Gasteiger partial charge on any atom is 0.314 e. The molecule has 0 aliphatic heterocycles. The summed E-state index contributed by atoms with van der Waals surface area (Å²) in [6.07, 6.45) is 0. The van der Waals surface area contributed by atoms with Crippen molar-refractivity contribution >= 4 is 34.8 Å². The lowest BCUT2D eigenvalue weighted by molar-refractivity contribution is -0.133. The fraction of sp³-hybridized carbons (Fsp3) is 0.0476. The van der Waals surface area contributed by atoms with E-state index >= 15 is 0 Å². The number of carbonyl (C=O) groups excluding carboxylic acids is 2. The lowest BCUT2D eigenvalue weighted by Gasteiger charge is -2.13. The van der Waals surface area contributed by atoms with Gasteiger partial charge in [-0.2, -0.15) is 0 Å². The van der Waals surface area contributed by atoms with Crippen LogP contribution in [0.25, 0.3) is 0 Å². The number of rotatable bonds is 4. The van der Waals surface area contributed by atoms with Crippen LogP contribution in [0.1, 0.15) is 5.56 Å². The van der Waals surface area contributed by atoms with Crippen LogP contribution in [-0.4, -0.2) is 11.8 Å². The van der Waals surface area contributed by atoms with Crippen LogP contribution in [-0.2, 0) is 9.59 Å². The number of hydrogen-bond acceptors (Lipinski definition) is 3. The molecule has 0 radical (unpaired) electrons. The summed E-state index contributed by atoms with van der Waals surface area (Å²) in [6.45, 7) is 1.76. The van der Waals surface area contributed by atoms with Crippen molar-refractivity contribution in [3.63, 3.8) is 0 Å². The minimum atomic E-state index is -0.807. The van der Waals surface area contributed by atoms with Crippen LogP contribution in [0.3, 0.4) is 0 Å². The first-order valence-corrected chi connectivity index (χ1v) is 8.62. The van der Waals surface area contributed by atoms with Crippen LogP contribution in [0.15, 0.2) is 72.8 Å². The Hall–Kier alpha value is -3.31. The number of amides is 2. The van der Waals surface area contributed by atoms with Crippen molar-refractivity contribution < 1.29 is 14.3 Å². The normalized spacial score (nSPS) is 10.1. The summed E-state index contributed by atoms with van der Waals surface area (Å²) in [4.78, 5) is 24.5. The smallest absolute Gasteiger partial charge is 0.314 e. The lowest BCUT2D eigenvalue weighted by Crippen LogP contribution is -2.29. The van der Waals surface area contributed by atoms with Crippen molar-refractivity contribution in [1.82, 2.24) is 0 Å². The average Bonchev–Trinajstić information content (AvgIpc) is 2.67. The van der Waals surface area contributed by atoms with E-state index in [4.69, 9.17) is 16.3 Å². The molecular weight excluding hydrogens is 364 g/mol. The molecule has 0 aromatic heterocycles. The second kappa shape index (κ2) is 8.38. The molecule has 0 spiro atoms. The largest absolute Gasteiger partial charge is 0.455 e. The zero-order chi connectivity index (χ0) is 19.2. The molecule has 0 heterocycles. The van der Waals surface area contributed by atoms with Gasteiger partial charge in [0.2, 0.25) is 0 Å². The highest BCUT2D eigenvalue weighted by atomic mass is 35.5. The number of carbonyl (C=O) groups is 2. The standard InChI is InChI=1S/C21H17ClN2O3/c1-14-16(22)10-7-12-17(14)23-20(25)21(26)24-18-11-5-6-13-19(18)27-15-8-3-2-4-9-15/h2-13H,1H3,(H,23,25)(H,24,26). The molecule has 6 heteroatoms. The highest BCUT2D eigenvalue weighted by molar-refractivity contribution is 6.44. The predicted molar refractivity (Wildman–Crippen MR) is 106 cm³/mol. The van der Waals surface area contributed by atoms with Gasteiger partial charge in [-0.15, -0.1) is 0 Å². The summed E-state index contributed by atoms with van der Waals surface area (Å²) in [6, 6.07) is 21.2.